The average Bonchev–Trinajstić information content (AvgIpc) is 2.86. The molecule has 0 fully saturated rings. The van der Waals surface area contributed by atoms with E-state index in [9.17, 15) is 14.4 Å². The van der Waals surface area contributed by atoms with Crippen LogP contribution in [0.3, 0.4) is 0 Å². The Morgan fingerprint density at radius 3 is 1.86 bits per heavy atom. The van der Waals surface area contributed by atoms with Gasteiger partial charge >= 0.3 is 5.97 Å². The summed E-state index contributed by atoms with van der Waals surface area (Å²) in [4.78, 5) is 38.5. The molecule has 0 amide bonds. The van der Waals surface area contributed by atoms with Crippen LogP contribution in [0.25, 0.3) is 0 Å². The maximum Gasteiger partial charge on any atom is 0.305 e. The van der Waals surface area contributed by atoms with Gasteiger partial charge in [-0.3, -0.25) is 14.4 Å². The van der Waals surface area contributed by atoms with E-state index in [0.717, 1.165) is 23.1 Å². The molecule has 0 N–H and O–H groups in total. The Kier molecular flexibility index (Phi) is 6.50. The third-order valence-corrected chi connectivity index (χ3v) is 7.43. The fourth-order valence-corrected chi connectivity index (χ4v) is 4.90. The van der Waals surface area contributed by atoms with Gasteiger partial charge in [-0.2, -0.15) is 0 Å². The predicted octanol–water partition coefficient (Wildman–Crippen LogP) is 6.41. The van der Waals surface area contributed by atoms with Gasteiger partial charge in [-0.15, -0.1) is 0 Å². The van der Waals surface area contributed by atoms with Gasteiger partial charge in [0.15, 0.2) is 11.6 Å². The van der Waals surface area contributed by atoms with Crippen LogP contribution in [0.2, 0.25) is 0 Å². The second kappa shape index (κ2) is 9.26. The molecule has 1 aliphatic carbocycles. The van der Waals surface area contributed by atoms with Crippen LogP contribution >= 0.6 is 0 Å². The van der Waals surface area contributed by atoms with Crippen LogP contribution in [0.1, 0.15) is 95.5 Å². The summed E-state index contributed by atoms with van der Waals surface area (Å²) in [5, 5.41) is 0. The summed E-state index contributed by atoms with van der Waals surface area (Å²) in [5.74, 6) is -0.459. The maximum absolute atomic E-state index is 13.7. The number of ether oxygens (including phenoxy) is 1. The number of carbonyl (C=O) groups excluding carboxylic acids is 3. The fourth-order valence-electron chi connectivity index (χ4n) is 4.90. The van der Waals surface area contributed by atoms with Crippen molar-refractivity contribution >= 4 is 17.5 Å². The van der Waals surface area contributed by atoms with Gasteiger partial charge in [0, 0.05) is 34.1 Å². The zero-order valence-electron chi connectivity index (χ0n) is 21.1. The summed E-state index contributed by atoms with van der Waals surface area (Å²) in [5.41, 5.74) is 4.36. The summed E-state index contributed by atoms with van der Waals surface area (Å²) in [7, 11) is 1.39. The van der Waals surface area contributed by atoms with Crippen molar-refractivity contribution in [2.45, 2.75) is 57.8 Å². The zero-order chi connectivity index (χ0) is 25.4. The van der Waals surface area contributed by atoms with Crippen LogP contribution in [0, 0.1) is 0 Å². The number of hydrogen-bond donors (Lipinski definition) is 0. The predicted molar refractivity (Wildman–Crippen MR) is 137 cm³/mol. The highest BCUT2D eigenvalue weighted by Crippen LogP contribution is 2.37. The molecule has 180 valence electrons. The summed E-state index contributed by atoms with van der Waals surface area (Å²) < 4.78 is 4.74. The van der Waals surface area contributed by atoms with Gasteiger partial charge in [-0.1, -0.05) is 70.2 Å². The van der Waals surface area contributed by atoms with Gasteiger partial charge in [0.1, 0.15) is 0 Å². The monoisotopic (exact) mass is 468 g/mol. The lowest BCUT2D eigenvalue weighted by atomic mass is 9.74. The third kappa shape index (κ3) is 4.58. The Morgan fingerprint density at radius 2 is 1.26 bits per heavy atom. The van der Waals surface area contributed by atoms with E-state index in [2.05, 4.69) is 39.8 Å². The number of carbonyl (C=O) groups is 3. The highest BCUT2D eigenvalue weighted by molar-refractivity contribution is 6.28. The molecule has 1 aliphatic rings. The smallest absolute Gasteiger partial charge is 0.305 e. The highest BCUT2D eigenvalue weighted by atomic mass is 16.5. The van der Waals surface area contributed by atoms with Gasteiger partial charge in [0.25, 0.3) is 0 Å². The van der Waals surface area contributed by atoms with Crippen molar-refractivity contribution in [1.29, 1.82) is 0 Å². The van der Waals surface area contributed by atoms with Crippen LogP contribution in [0.4, 0.5) is 0 Å². The van der Waals surface area contributed by atoms with Crippen molar-refractivity contribution in [1.82, 2.24) is 0 Å². The van der Waals surface area contributed by atoms with E-state index in [1.165, 1.54) is 7.11 Å². The molecule has 0 saturated carbocycles. The molecular formula is C31H32O4. The number of rotatable bonds is 7. The molecule has 0 bridgehead atoms. The molecule has 35 heavy (non-hydrogen) atoms. The minimum Gasteiger partial charge on any atom is -0.469 e. The van der Waals surface area contributed by atoms with E-state index < -0.39 is 0 Å². The number of methoxy groups -OCH3 is 1. The van der Waals surface area contributed by atoms with Crippen LogP contribution in [0.5, 0.6) is 0 Å². The zero-order valence-corrected chi connectivity index (χ0v) is 21.1. The van der Waals surface area contributed by atoms with Gasteiger partial charge in [-0.05, 0) is 59.2 Å². The minimum atomic E-state index is -0.316. The van der Waals surface area contributed by atoms with Gasteiger partial charge in [-0.25, -0.2) is 0 Å². The number of fused-ring (bicyclic) bond motifs is 2. The van der Waals surface area contributed by atoms with Crippen LogP contribution in [-0.4, -0.2) is 24.6 Å². The summed E-state index contributed by atoms with van der Waals surface area (Å²) >= 11 is 0. The molecule has 0 aliphatic heterocycles. The Labute approximate surface area is 207 Å². The number of benzene rings is 3. The molecule has 3 aromatic rings. The van der Waals surface area contributed by atoms with Gasteiger partial charge in [0.2, 0.25) is 0 Å². The van der Waals surface area contributed by atoms with E-state index in [1.54, 1.807) is 12.1 Å². The largest absolute Gasteiger partial charge is 0.469 e. The van der Waals surface area contributed by atoms with Crippen LogP contribution < -0.4 is 0 Å². The third-order valence-electron chi connectivity index (χ3n) is 7.43. The van der Waals surface area contributed by atoms with Crippen molar-refractivity contribution in [3.8, 4) is 0 Å². The molecule has 0 spiro atoms. The van der Waals surface area contributed by atoms with Crippen molar-refractivity contribution in [2.24, 2.45) is 0 Å². The molecule has 4 rings (SSSR count). The first kappa shape index (κ1) is 24.6. The average molecular weight is 469 g/mol. The molecule has 0 heterocycles. The van der Waals surface area contributed by atoms with E-state index in [1.807, 2.05) is 42.5 Å². The second-order valence-electron chi connectivity index (χ2n) is 10.5. The van der Waals surface area contributed by atoms with Crippen LogP contribution in [0.15, 0.2) is 66.7 Å². The molecule has 4 nitrogen and oxygen atoms in total. The molecule has 0 atom stereocenters. The number of esters is 1. The van der Waals surface area contributed by atoms with Crippen molar-refractivity contribution in [2.75, 3.05) is 7.11 Å². The summed E-state index contributed by atoms with van der Waals surface area (Å²) in [6.45, 7) is 8.44. The fraction of sp³-hybridized carbons (Fsp3) is 0.323. The highest BCUT2D eigenvalue weighted by Gasteiger charge is 2.33. The first-order valence-electron chi connectivity index (χ1n) is 12.1. The Hall–Kier alpha value is -3.53. The Bertz CT molecular complexity index is 1300. The summed E-state index contributed by atoms with van der Waals surface area (Å²) in [6, 6.07) is 21.4. The lowest BCUT2D eigenvalue weighted by Gasteiger charge is -2.29. The lowest BCUT2D eigenvalue weighted by molar-refractivity contribution is -0.140. The molecule has 0 radical (unpaired) electrons. The number of hydrogen-bond acceptors (Lipinski definition) is 4. The Balaban J connectivity index is 1.68. The normalized spacial score (nSPS) is 13.3. The number of ketones is 2. The van der Waals surface area contributed by atoms with Crippen LogP contribution in [-0.2, 0) is 20.4 Å². The lowest BCUT2D eigenvalue weighted by Crippen LogP contribution is -2.25. The first-order valence-corrected chi connectivity index (χ1v) is 12.1. The molecule has 4 heteroatoms. The standard InChI is InChI=1S/C31H32O4/c1-30(2,17-9-12-27(32)35-5)21-13-15-23-25(18-21)29(34)26-19-22(14-16-24(26)28(23)33)31(3,4)20-10-7-6-8-11-20/h6-8,10-11,13-16,18-19H,9,12,17H2,1-5H3. The van der Waals surface area contributed by atoms with E-state index in [0.29, 0.717) is 35.1 Å². The van der Waals surface area contributed by atoms with Crippen molar-refractivity contribution < 1.29 is 19.1 Å². The molecule has 0 aromatic heterocycles. The first-order chi connectivity index (χ1) is 16.6. The van der Waals surface area contributed by atoms with E-state index >= 15 is 0 Å². The molecule has 0 saturated heterocycles. The molecular weight excluding hydrogens is 436 g/mol. The molecule has 3 aromatic carbocycles. The van der Waals surface area contributed by atoms with Gasteiger partial charge in [0.05, 0.1) is 7.11 Å². The summed E-state index contributed by atoms with van der Waals surface area (Å²) in [6.07, 6.45) is 1.80. The SMILES string of the molecule is COC(=O)CCCC(C)(C)c1ccc2c(c1)C(=O)c1cc(C(C)(C)c3ccccc3)ccc1C2=O. The topological polar surface area (TPSA) is 60.4 Å². The Morgan fingerprint density at radius 1 is 0.714 bits per heavy atom. The minimum absolute atomic E-state index is 0.117. The van der Waals surface area contributed by atoms with Crippen molar-refractivity contribution in [3.05, 3.63) is 106 Å². The van der Waals surface area contributed by atoms with Gasteiger partial charge < -0.3 is 4.74 Å². The van der Waals surface area contributed by atoms with Crippen molar-refractivity contribution in [3.63, 3.8) is 0 Å². The van der Waals surface area contributed by atoms with E-state index in [-0.39, 0.29) is 28.4 Å². The second-order valence-corrected chi connectivity index (χ2v) is 10.5. The quantitative estimate of drug-likeness (QED) is 0.294. The van der Waals surface area contributed by atoms with E-state index in [4.69, 9.17) is 4.74 Å². The molecule has 0 unspecified atom stereocenters. The maximum atomic E-state index is 13.7.